The van der Waals surface area contributed by atoms with Crippen LogP contribution in [0.5, 0.6) is 11.5 Å². The molecule has 0 aromatic heterocycles. The number of anilines is 2. The fourth-order valence-electron chi connectivity index (χ4n) is 2.89. The Hall–Kier alpha value is -4.05. The summed E-state index contributed by atoms with van der Waals surface area (Å²) >= 11 is 0. The third kappa shape index (κ3) is 5.80. The SMILES string of the molecule is COc1ccccc1NS(=O)(=O)c1ccc(O)c(NC(=O)[C@H](C)NC(=O)c2ccccc2)c1. The molecule has 0 heterocycles. The molecule has 10 heteroatoms. The van der Waals surface area contributed by atoms with E-state index in [1.165, 1.54) is 26.2 Å². The van der Waals surface area contributed by atoms with E-state index in [1.54, 1.807) is 48.5 Å². The van der Waals surface area contributed by atoms with Crippen molar-refractivity contribution in [3.05, 3.63) is 78.4 Å². The molecule has 0 bridgehead atoms. The molecule has 172 valence electrons. The van der Waals surface area contributed by atoms with Gasteiger partial charge in [0, 0.05) is 5.56 Å². The maximum atomic E-state index is 12.8. The zero-order valence-corrected chi connectivity index (χ0v) is 18.7. The van der Waals surface area contributed by atoms with Crippen molar-refractivity contribution >= 4 is 33.2 Å². The van der Waals surface area contributed by atoms with E-state index in [0.717, 1.165) is 12.1 Å². The molecule has 0 radical (unpaired) electrons. The minimum Gasteiger partial charge on any atom is -0.506 e. The molecular weight excluding hydrogens is 446 g/mol. The summed E-state index contributed by atoms with van der Waals surface area (Å²) in [6, 6.07) is 17.4. The van der Waals surface area contributed by atoms with Gasteiger partial charge < -0.3 is 20.5 Å². The van der Waals surface area contributed by atoms with Gasteiger partial charge in [0.1, 0.15) is 17.5 Å². The third-order valence-corrected chi connectivity index (χ3v) is 6.03. The predicted octanol–water partition coefficient (Wildman–Crippen LogP) is 2.96. The number of carbonyl (C=O) groups excluding carboxylic acids is 2. The molecule has 33 heavy (non-hydrogen) atoms. The van der Waals surface area contributed by atoms with Crippen LogP contribution in [0.3, 0.4) is 0 Å². The lowest BCUT2D eigenvalue weighted by molar-refractivity contribution is -0.117. The zero-order chi connectivity index (χ0) is 24.0. The molecule has 9 nitrogen and oxygen atoms in total. The second kappa shape index (κ2) is 10.0. The van der Waals surface area contributed by atoms with Crippen molar-refractivity contribution in [1.29, 1.82) is 0 Å². The molecule has 0 spiro atoms. The van der Waals surface area contributed by atoms with Crippen LogP contribution in [0.15, 0.2) is 77.7 Å². The molecule has 1 atom stereocenters. The molecule has 0 aliphatic carbocycles. The number of aromatic hydroxyl groups is 1. The molecule has 0 fully saturated rings. The quantitative estimate of drug-likeness (QED) is 0.375. The highest BCUT2D eigenvalue weighted by Gasteiger charge is 2.21. The number of benzene rings is 3. The summed E-state index contributed by atoms with van der Waals surface area (Å²) in [5, 5.41) is 15.1. The minimum absolute atomic E-state index is 0.122. The molecule has 0 saturated heterocycles. The van der Waals surface area contributed by atoms with Crippen LogP contribution in [0.4, 0.5) is 11.4 Å². The van der Waals surface area contributed by atoms with Crippen LogP contribution >= 0.6 is 0 Å². The Balaban J connectivity index is 1.75. The van der Waals surface area contributed by atoms with Gasteiger partial charge in [0.05, 0.1) is 23.4 Å². The molecule has 3 rings (SSSR count). The number of para-hydroxylation sites is 2. The lowest BCUT2D eigenvalue weighted by Crippen LogP contribution is -2.41. The predicted molar refractivity (Wildman–Crippen MR) is 124 cm³/mol. The number of hydrogen-bond donors (Lipinski definition) is 4. The second-order valence-electron chi connectivity index (χ2n) is 7.04. The summed E-state index contributed by atoms with van der Waals surface area (Å²) in [6.07, 6.45) is 0. The number of sulfonamides is 1. The van der Waals surface area contributed by atoms with E-state index < -0.39 is 27.9 Å². The van der Waals surface area contributed by atoms with Gasteiger partial charge in [-0.2, -0.15) is 0 Å². The maximum absolute atomic E-state index is 12.8. The van der Waals surface area contributed by atoms with Crippen LogP contribution in [-0.4, -0.2) is 38.5 Å². The average molecular weight is 470 g/mol. The highest BCUT2D eigenvalue weighted by atomic mass is 32.2. The molecular formula is C23H23N3O6S. The summed E-state index contributed by atoms with van der Waals surface area (Å²) in [5.41, 5.74) is 0.495. The van der Waals surface area contributed by atoms with Crippen molar-refractivity contribution in [2.24, 2.45) is 0 Å². The van der Waals surface area contributed by atoms with Gasteiger partial charge in [0.2, 0.25) is 5.91 Å². The molecule has 3 aromatic rings. The molecule has 0 unspecified atom stereocenters. The van der Waals surface area contributed by atoms with E-state index in [-0.39, 0.29) is 22.0 Å². The van der Waals surface area contributed by atoms with Crippen molar-refractivity contribution in [2.75, 3.05) is 17.1 Å². The lowest BCUT2D eigenvalue weighted by atomic mass is 10.2. The van der Waals surface area contributed by atoms with Crippen LogP contribution in [-0.2, 0) is 14.8 Å². The van der Waals surface area contributed by atoms with Crippen molar-refractivity contribution in [1.82, 2.24) is 5.32 Å². The highest BCUT2D eigenvalue weighted by molar-refractivity contribution is 7.92. The van der Waals surface area contributed by atoms with Crippen LogP contribution in [0.2, 0.25) is 0 Å². The Morgan fingerprint density at radius 3 is 2.30 bits per heavy atom. The van der Waals surface area contributed by atoms with Crippen LogP contribution in [0.1, 0.15) is 17.3 Å². The number of phenols is 1. The molecule has 4 N–H and O–H groups in total. The fourth-order valence-corrected chi connectivity index (χ4v) is 3.99. The van der Waals surface area contributed by atoms with Crippen LogP contribution < -0.4 is 20.1 Å². The summed E-state index contributed by atoms with van der Waals surface area (Å²) < 4.78 is 33.2. The second-order valence-corrected chi connectivity index (χ2v) is 8.72. The van der Waals surface area contributed by atoms with Gasteiger partial charge in [-0.15, -0.1) is 0 Å². The number of methoxy groups -OCH3 is 1. The number of rotatable bonds is 8. The van der Waals surface area contributed by atoms with Gasteiger partial charge in [0.15, 0.2) is 0 Å². The van der Waals surface area contributed by atoms with Gasteiger partial charge in [-0.1, -0.05) is 30.3 Å². The smallest absolute Gasteiger partial charge is 0.262 e. The van der Waals surface area contributed by atoms with E-state index in [4.69, 9.17) is 4.74 Å². The first-order valence-electron chi connectivity index (χ1n) is 9.87. The van der Waals surface area contributed by atoms with Crippen molar-refractivity contribution in [3.8, 4) is 11.5 Å². The minimum atomic E-state index is -4.06. The Morgan fingerprint density at radius 1 is 0.939 bits per heavy atom. The lowest BCUT2D eigenvalue weighted by Gasteiger charge is -2.16. The normalized spacial score (nSPS) is 11.8. The fraction of sp³-hybridized carbons (Fsp3) is 0.130. The number of ether oxygens (including phenoxy) is 1. The van der Waals surface area contributed by atoms with E-state index >= 15 is 0 Å². The van der Waals surface area contributed by atoms with Crippen LogP contribution in [0.25, 0.3) is 0 Å². The van der Waals surface area contributed by atoms with Gasteiger partial charge in [-0.25, -0.2) is 8.42 Å². The van der Waals surface area contributed by atoms with Gasteiger partial charge in [-0.3, -0.25) is 14.3 Å². The van der Waals surface area contributed by atoms with Crippen molar-refractivity contribution in [3.63, 3.8) is 0 Å². The first-order valence-corrected chi connectivity index (χ1v) is 11.3. The monoisotopic (exact) mass is 469 g/mol. The topological polar surface area (TPSA) is 134 Å². The summed E-state index contributed by atoms with van der Waals surface area (Å²) in [5.74, 6) is -1.08. The Morgan fingerprint density at radius 2 is 1.61 bits per heavy atom. The first kappa shape index (κ1) is 23.6. The maximum Gasteiger partial charge on any atom is 0.262 e. The van der Waals surface area contributed by atoms with E-state index in [2.05, 4.69) is 15.4 Å². The van der Waals surface area contributed by atoms with E-state index in [9.17, 15) is 23.1 Å². The zero-order valence-electron chi connectivity index (χ0n) is 17.9. The number of carbonyl (C=O) groups is 2. The summed E-state index contributed by atoms with van der Waals surface area (Å²) in [4.78, 5) is 24.6. The van der Waals surface area contributed by atoms with E-state index in [1.807, 2.05) is 0 Å². The van der Waals surface area contributed by atoms with Gasteiger partial charge in [0.25, 0.3) is 15.9 Å². The average Bonchev–Trinajstić information content (AvgIpc) is 2.81. The summed E-state index contributed by atoms with van der Waals surface area (Å²) in [7, 11) is -2.64. The largest absolute Gasteiger partial charge is 0.506 e. The van der Waals surface area contributed by atoms with Gasteiger partial charge >= 0.3 is 0 Å². The van der Waals surface area contributed by atoms with E-state index in [0.29, 0.717) is 11.3 Å². The first-order chi connectivity index (χ1) is 15.7. The molecule has 0 aliphatic rings. The number of amides is 2. The van der Waals surface area contributed by atoms with Crippen molar-refractivity contribution < 1.29 is 27.9 Å². The highest BCUT2D eigenvalue weighted by Crippen LogP contribution is 2.30. The number of phenolic OH excluding ortho intramolecular Hbond substituents is 1. The van der Waals surface area contributed by atoms with Crippen molar-refractivity contribution in [2.45, 2.75) is 17.9 Å². The summed E-state index contributed by atoms with van der Waals surface area (Å²) in [6.45, 7) is 1.47. The third-order valence-electron chi connectivity index (χ3n) is 4.66. The molecule has 0 saturated carbocycles. The Kier molecular flexibility index (Phi) is 7.19. The van der Waals surface area contributed by atoms with Crippen LogP contribution in [0, 0.1) is 0 Å². The number of hydrogen-bond acceptors (Lipinski definition) is 6. The molecule has 2 amide bonds. The standard InChI is InChI=1S/C23H23N3O6S/c1-15(24-23(29)16-8-4-3-5-9-16)22(28)25-19-14-17(12-13-20(19)27)33(30,31)26-18-10-6-7-11-21(18)32-2/h3-15,26-27H,1-2H3,(H,24,29)(H,25,28)/t15-/m0/s1. The Labute approximate surface area is 191 Å². The molecule has 0 aliphatic heterocycles. The number of nitrogens with one attached hydrogen (secondary N) is 3. The Bertz CT molecular complexity index is 1260. The van der Waals surface area contributed by atoms with Gasteiger partial charge in [-0.05, 0) is 49.4 Å². The molecule has 3 aromatic carbocycles.